The number of aliphatic carboxylic acids is 1. The summed E-state index contributed by atoms with van der Waals surface area (Å²) in [6, 6.07) is 9.85. The average Bonchev–Trinajstić information content (AvgIpc) is 2.73. The molecule has 0 bridgehead atoms. The highest BCUT2D eigenvalue weighted by atomic mass is 79.9. The zero-order valence-electron chi connectivity index (χ0n) is 17.1. The fourth-order valence-corrected chi connectivity index (χ4v) is 4.27. The van der Waals surface area contributed by atoms with Crippen LogP contribution in [0.2, 0.25) is 5.02 Å². The van der Waals surface area contributed by atoms with Crippen LogP contribution in [0.5, 0.6) is 11.5 Å². The van der Waals surface area contributed by atoms with Crippen molar-refractivity contribution in [1.29, 1.82) is 0 Å². The van der Waals surface area contributed by atoms with Crippen LogP contribution in [0, 0.1) is 5.92 Å². The van der Waals surface area contributed by atoms with Gasteiger partial charge in [0, 0.05) is 12.1 Å². The van der Waals surface area contributed by atoms with E-state index in [9.17, 15) is 9.59 Å². The zero-order chi connectivity index (χ0) is 22.8. The van der Waals surface area contributed by atoms with Gasteiger partial charge in [-0.25, -0.2) is 0 Å². The van der Waals surface area contributed by atoms with Crippen LogP contribution in [-0.2, 0) is 9.53 Å². The normalized spacial score (nSPS) is 17.7. The van der Waals surface area contributed by atoms with Crippen molar-refractivity contribution >= 4 is 44.5 Å². The van der Waals surface area contributed by atoms with Gasteiger partial charge in [-0.1, -0.05) is 17.7 Å². The topological polar surface area (TPSA) is 95.2 Å². The van der Waals surface area contributed by atoms with Crippen molar-refractivity contribution in [3.8, 4) is 22.8 Å². The highest BCUT2D eigenvalue weighted by Gasteiger charge is 2.35. The molecule has 1 saturated carbocycles. The molecular formula is C23H20BrClO7. The number of benzene rings is 2. The minimum atomic E-state index is -0.787. The van der Waals surface area contributed by atoms with E-state index in [0.717, 1.165) is 0 Å². The molecule has 1 aliphatic rings. The van der Waals surface area contributed by atoms with Crippen LogP contribution in [0.15, 0.2) is 50.1 Å². The van der Waals surface area contributed by atoms with E-state index in [1.807, 2.05) is 0 Å². The number of hydrogen-bond donors (Lipinski definition) is 1. The van der Waals surface area contributed by atoms with Gasteiger partial charge in [0.25, 0.3) is 0 Å². The lowest BCUT2D eigenvalue weighted by Gasteiger charge is -2.32. The summed E-state index contributed by atoms with van der Waals surface area (Å²) in [6.45, 7) is 0.521. The van der Waals surface area contributed by atoms with Crippen molar-refractivity contribution in [2.45, 2.75) is 18.9 Å². The van der Waals surface area contributed by atoms with Crippen molar-refractivity contribution in [1.82, 2.24) is 0 Å². The average molecular weight is 524 g/mol. The van der Waals surface area contributed by atoms with Gasteiger partial charge in [0.15, 0.2) is 11.0 Å². The Bertz CT molecular complexity index is 1220. The molecule has 1 aromatic heterocycles. The smallest absolute Gasteiger partial charge is 0.306 e. The minimum Gasteiger partial charge on any atom is -0.495 e. The molecule has 32 heavy (non-hydrogen) atoms. The lowest BCUT2D eigenvalue weighted by Crippen LogP contribution is -2.37. The first-order valence-corrected chi connectivity index (χ1v) is 11.1. The number of methoxy groups -OCH3 is 1. The maximum atomic E-state index is 12.6. The highest BCUT2D eigenvalue weighted by Crippen LogP contribution is 2.39. The van der Waals surface area contributed by atoms with Crippen LogP contribution in [0.1, 0.15) is 12.8 Å². The number of ether oxygens (including phenoxy) is 3. The van der Waals surface area contributed by atoms with Gasteiger partial charge < -0.3 is 23.7 Å². The number of hydrogen-bond acceptors (Lipinski definition) is 6. The molecule has 1 N–H and O–H groups in total. The van der Waals surface area contributed by atoms with Crippen molar-refractivity contribution in [2.75, 3.05) is 20.3 Å². The Balaban J connectivity index is 1.57. The third kappa shape index (κ3) is 4.62. The molecule has 9 heteroatoms. The van der Waals surface area contributed by atoms with Gasteiger partial charge in [-0.15, -0.1) is 0 Å². The Morgan fingerprint density at radius 1 is 1.22 bits per heavy atom. The number of rotatable bonds is 8. The Kier molecular flexibility index (Phi) is 6.74. The molecular weight excluding hydrogens is 504 g/mol. The molecule has 0 aliphatic heterocycles. The minimum absolute atomic E-state index is 0.0701. The van der Waals surface area contributed by atoms with E-state index in [-0.39, 0.29) is 24.1 Å². The first kappa shape index (κ1) is 22.6. The van der Waals surface area contributed by atoms with Crippen LogP contribution >= 0.6 is 27.5 Å². The van der Waals surface area contributed by atoms with E-state index in [2.05, 4.69) is 15.9 Å². The van der Waals surface area contributed by atoms with E-state index in [4.69, 9.17) is 35.3 Å². The first-order chi connectivity index (χ1) is 15.4. The van der Waals surface area contributed by atoms with Gasteiger partial charge in [-0.05, 0) is 47.0 Å². The third-order valence-corrected chi connectivity index (χ3v) is 6.28. The second-order valence-corrected chi connectivity index (χ2v) is 8.68. The van der Waals surface area contributed by atoms with Crippen LogP contribution in [0.4, 0.5) is 0 Å². The standard InChI is InChI=1S/C23H20BrClO7/c1-29-21-11-19(31-6-5-30-13-7-12(8-13)23(27)28)15(9-16(21)24)20-10-18(26)14-3-2-4-17(25)22(14)32-20/h2-4,9-13H,5-8H2,1H3,(H,27,28)/t12-,13+. The first-order valence-electron chi connectivity index (χ1n) is 9.95. The SMILES string of the molecule is COc1cc(OCCO[C@H]2C[C@@H](C(=O)O)C2)c(-c2cc(=O)c3cccc(Cl)c3o2)cc1Br. The summed E-state index contributed by atoms with van der Waals surface area (Å²) in [5, 5.41) is 9.68. The van der Waals surface area contributed by atoms with Crippen molar-refractivity contribution in [2.24, 2.45) is 5.92 Å². The Morgan fingerprint density at radius 3 is 2.72 bits per heavy atom. The van der Waals surface area contributed by atoms with E-state index >= 15 is 0 Å². The number of carboxylic acids is 1. The third-order valence-electron chi connectivity index (χ3n) is 5.36. The summed E-state index contributed by atoms with van der Waals surface area (Å²) in [6.07, 6.45) is 0.949. The lowest BCUT2D eigenvalue weighted by atomic mass is 9.82. The van der Waals surface area contributed by atoms with E-state index in [0.29, 0.717) is 62.7 Å². The highest BCUT2D eigenvalue weighted by molar-refractivity contribution is 9.10. The summed E-state index contributed by atoms with van der Waals surface area (Å²) >= 11 is 9.70. The quantitative estimate of drug-likeness (QED) is 0.408. The molecule has 2 aromatic carbocycles. The predicted molar refractivity (Wildman–Crippen MR) is 123 cm³/mol. The molecule has 3 aromatic rings. The maximum Gasteiger partial charge on any atom is 0.306 e. The summed E-state index contributed by atoms with van der Waals surface area (Å²) in [7, 11) is 1.54. The number of fused-ring (bicyclic) bond motifs is 1. The van der Waals surface area contributed by atoms with Gasteiger partial charge in [-0.2, -0.15) is 0 Å². The molecule has 1 fully saturated rings. The van der Waals surface area contributed by atoms with Crippen molar-refractivity contribution < 1.29 is 28.5 Å². The van der Waals surface area contributed by atoms with E-state index < -0.39 is 5.97 Å². The van der Waals surface area contributed by atoms with Crippen LogP contribution in [-0.4, -0.2) is 37.5 Å². The van der Waals surface area contributed by atoms with Gasteiger partial charge in [0.1, 0.15) is 23.9 Å². The molecule has 1 heterocycles. The second-order valence-electron chi connectivity index (χ2n) is 7.42. The lowest BCUT2D eigenvalue weighted by molar-refractivity contribution is -0.151. The number of carbonyl (C=O) groups is 1. The molecule has 0 radical (unpaired) electrons. The molecule has 0 saturated heterocycles. The molecule has 0 atom stereocenters. The molecule has 4 rings (SSSR count). The van der Waals surface area contributed by atoms with Crippen molar-refractivity contribution in [3.63, 3.8) is 0 Å². The van der Waals surface area contributed by atoms with Gasteiger partial charge >= 0.3 is 5.97 Å². The summed E-state index contributed by atoms with van der Waals surface area (Å²) in [4.78, 5) is 23.5. The zero-order valence-corrected chi connectivity index (χ0v) is 19.4. The monoisotopic (exact) mass is 522 g/mol. The van der Waals surface area contributed by atoms with Gasteiger partial charge in [0.05, 0.1) is 46.2 Å². The fraction of sp³-hybridized carbons (Fsp3) is 0.304. The molecule has 0 unspecified atom stereocenters. The van der Waals surface area contributed by atoms with Gasteiger partial charge in [-0.3, -0.25) is 9.59 Å². The number of halogens is 2. The molecule has 0 spiro atoms. The van der Waals surface area contributed by atoms with Crippen LogP contribution in [0.3, 0.4) is 0 Å². The molecule has 1 aliphatic carbocycles. The van der Waals surface area contributed by atoms with Gasteiger partial charge in [0.2, 0.25) is 0 Å². The summed E-state index contributed by atoms with van der Waals surface area (Å²) in [5.74, 6) is 0.183. The summed E-state index contributed by atoms with van der Waals surface area (Å²) < 4.78 is 23.6. The Labute approximate surface area is 197 Å². The van der Waals surface area contributed by atoms with Crippen molar-refractivity contribution in [3.05, 3.63) is 56.1 Å². The number of carboxylic acid groups (broad SMARTS) is 1. The number of para-hydroxylation sites is 1. The fourth-order valence-electron chi connectivity index (χ4n) is 3.55. The maximum absolute atomic E-state index is 12.6. The Hall–Kier alpha value is -2.55. The van der Waals surface area contributed by atoms with Crippen LogP contribution in [0.25, 0.3) is 22.3 Å². The van der Waals surface area contributed by atoms with Crippen LogP contribution < -0.4 is 14.9 Å². The van der Waals surface area contributed by atoms with E-state index in [1.54, 1.807) is 30.3 Å². The summed E-state index contributed by atoms with van der Waals surface area (Å²) in [5.41, 5.74) is 0.630. The molecule has 0 amide bonds. The predicted octanol–water partition coefficient (Wildman–Crippen LogP) is 5.14. The molecule has 168 valence electrons. The Morgan fingerprint density at radius 2 is 2.00 bits per heavy atom. The van der Waals surface area contributed by atoms with E-state index in [1.165, 1.54) is 13.2 Å². The largest absolute Gasteiger partial charge is 0.495 e. The molecule has 7 nitrogen and oxygen atoms in total. The second kappa shape index (κ2) is 9.52.